The Morgan fingerprint density at radius 1 is 0.500 bits per heavy atom. The first-order chi connectivity index (χ1) is 11.7. The molecule has 0 aliphatic heterocycles. The van der Waals surface area contributed by atoms with Gasteiger partial charge in [0.25, 0.3) is 0 Å². The number of aryl methyl sites for hydroxylation is 2. The third kappa shape index (κ3) is 1.80. The molecule has 0 aliphatic carbocycles. The van der Waals surface area contributed by atoms with E-state index in [1.165, 1.54) is 54.2 Å². The van der Waals surface area contributed by atoms with Crippen molar-refractivity contribution in [3.05, 3.63) is 83.9 Å². The second kappa shape index (κ2) is 4.82. The fourth-order valence-electron chi connectivity index (χ4n) is 4.05. The lowest BCUT2D eigenvalue weighted by molar-refractivity contribution is 1.50. The zero-order chi connectivity index (χ0) is 16.3. The van der Waals surface area contributed by atoms with Gasteiger partial charge in [0, 0.05) is 0 Å². The minimum atomic E-state index is 1.30. The van der Waals surface area contributed by atoms with E-state index in [2.05, 4.69) is 86.6 Å². The van der Waals surface area contributed by atoms with Gasteiger partial charge in [0.2, 0.25) is 0 Å². The first-order valence-corrected chi connectivity index (χ1v) is 8.46. The fraction of sp³-hybridized carbons (Fsp3) is 0.0833. The van der Waals surface area contributed by atoms with Gasteiger partial charge < -0.3 is 0 Å². The van der Waals surface area contributed by atoms with Gasteiger partial charge in [-0.25, -0.2) is 0 Å². The quantitative estimate of drug-likeness (QED) is 0.272. The summed E-state index contributed by atoms with van der Waals surface area (Å²) in [7, 11) is 0. The largest absolute Gasteiger partial charge is 0.0616 e. The van der Waals surface area contributed by atoms with E-state index in [4.69, 9.17) is 0 Å². The Hall–Kier alpha value is -2.86. The van der Waals surface area contributed by atoms with Gasteiger partial charge in [0.15, 0.2) is 0 Å². The predicted octanol–water partition coefficient (Wildman–Crippen LogP) is 6.92. The lowest BCUT2D eigenvalue weighted by Crippen LogP contribution is -1.87. The van der Waals surface area contributed by atoms with E-state index in [1.54, 1.807) is 0 Å². The number of rotatable bonds is 0. The zero-order valence-corrected chi connectivity index (χ0v) is 13.9. The maximum Gasteiger partial charge on any atom is -0.00179 e. The second-order valence-corrected chi connectivity index (χ2v) is 6.79. The molecule has 114 valence electrons. The van der Waals surface area contributed by atoms with E-state index in [0.717, 1.165) is 0 Å². The summed E-state index contributed by atoms with van der Waals surface area (Å²) >= 11 is 0. The molecule has 0 spiro atoms. The summed E-state index contributed by atoms with van der Waals surface area (Å²) in [4.78, 5) is 0. The van der Waals surface area contributed by atoms with Crippen LogP contribution in [-0.4, -0.2) is 0 Å². The topological polar surface area (TPSA) is 0 Å². The van der Waals surface area contributed by atoms with Crippen molar-refractivity contribution in [2.75, 3.05) is 0 Å². The van der Waals surface area contributed by atoms with Crippen LogP contribution in [0.5, 0.6) is 0 Å². The van der Waals surface area contributed by atoms with Gasteiger partial charge >= 0.3 is 0 Å². The summed E-state index contributed by atoms with van der Waals surface area (Å²) in [5.74, 6) is 0. The highest BCUT2D eigenvalue weighted by atomic mass is 14.1. The van der Waals surface area contributed by atoms with E-state index in [1.807, 2.05) is 0 Å². The normalized spacial score (nSPS) is 11.8. The lowest BCUT2D eigenvalue weighted by atomic mass is 9.90. The average Bonchev–Trinajstić information content (AvgIpc) is 2.60. The Balaban J connectivity index is 2.18. The minimum Gasteiger partial charge on any atom is -0.0616 e. The Bertz CT molecular complexity index is 1260. The minimum absolute atomic E-state index is 1.30. The molecule has 0 saturated heterocycles. The first-order valence-electron chi connectivity index (χ1n) is 8.46. The van der Waals surface area contributed by atoms with E-state index >= 15 is 0 Å². The van der Waals surface area contributed by atoms with E-state index in [-0.39, 0.29) is 0 Å². The molecule has 0 amide bonds. The molecule has 5 aromatic rings. The van der Waals surface area contributed by atoms with Crippen LogP contribution >= 0.6 is 0 Å². The van der Waals surface area contributed by atoms with Gasteiger partial charge in [0.1, 0.15) is 0 Å². The number of benzene rings is 5. The molecule has 0 unspecified atom stereocenters. The molecule has 0 N–H and O–H groups in total. The van der Waals surface area contributed by atoms with Crippen LogP contribution in [0.15, 0.2) is 72.8 Å². The first kappa shape index (κ1) is 13.6. The van der Waals surface area contributed by atoms with Gasteiger partial charge in [-0.3, -0.25) is 0 Å². The second-order valence-electron chi connectivity index (χ2n) is 6.79. The molecule has 0 nitrogen and oxygen atoms in total. The zero-order valence-electron chi connectivity index (χ0n) is 13.9. The number of fused-ring (bicyclic) bond motifs is 7. The molecule has 5 aromatic carbocycles. The van der Waals surface area contributed by atoms with Crippen molar-refractivity contribution >= 4 is 43.1 Å². The molecule has 0 heterocycles. The molecular formula is C24H18. The van der Waals surface area contributed by atoms with Crippen LogP contribution < -0.4 is 0 Å². The summed E-state index contributed by atoms with van der Waals surface area (Å²) in [5.41, 5.74) is 2.66. The van der Waals surface area contributed by atoms with Gasteiger partial charge in [-0.05, 0) is 62.5 Å². The maximum absolute atomic E-state index is 2.32. The van der Waals surface area contributed by atoms with E-state index < -0.39 is 0 Å². The van der Waals surface area contributed by atoms with Gasteiger partial charge in [0.05, 0.1) is 0 Å². The molecule has 0 aliphatic rings. The Labute approximate surface area is 141 Å². The van der Waals surface area contributed by atoms with Crippen molar-refractivity contribution < 1.29 is 0 Å². The highest BCUT2D eigenvalue weighted by Gasteiger charge is 2.10. The Kier molecular flexibility index (Phi) is 2.72. The highest BCUT2D eigenvalue weighted by Crippen LogP contribution is 2.38. The third-order valence-electron chi connectivity index (χ3n) is 5.18. The summed E-state index contributed by atoms with van der Waals surface area (Å²) in [6.07, 6.45) is 0. The summed E-state index contributed by atoms with van der Waals surface area (Å²) < 4.78 is 0. The standard InChI is InChI=1S/C24H18/c1-15-7-11-22-19(13-15)14-16(2)20-12-10-18-9-8-17-5-3-4-6-21(17)23(18)24(20)22/h3-14H,1-2H3. The molecule has 5 rings (SSSR count). The molecule has 24 heavy (non-hydrogen) atoms. The van der Waals surface area contributed by atoms with Crippen molar-refractivity contribution in [1.82, 2.24) is 0 Å². The van der Waals surface area contributed by atoms with Gasteiger partial charge in [-0.2, -0.15) is 0 Å². The SMILES string of the molecule is Cc1ccc2c(c1)cc(C)c1ccc3ccc4ccccc4c3c12. The smallest absolute Gasteiger partial charge is 0.00179 e. The van der Waals surface area contributed by atoms with Crippen molar-refractivity contribution in [2.24, 2.45) is 0 Å². The van der Waals surface area contributed by atoms with Crippen molar-refractivity contribution in [2.45, 2.75) is 13.8 Å². The van der Waals surface area contributed by atoms with Crippen molar-refractivity contribution in [3.63, 3.8) is 0 Å². The average molecular weight is 306 g/mol. The predicted molar refractivity (Wildman–Crippen MR) is 106 cm³/mol. The van der Waals surface area contributed by atoms with Crippen LogP contribution in [0.2, 0.25) is 0 Å². The number of hydrogen-bond acceptors (Lipinski definition) is 0. The van der Waals surface area contributed by atoms with Crippen LogP contribution in [0, 0.1) is 13.8 Å². The molecule has 0 atom stereocenters. The van der Waals surface area contributed by atoms with Crippen LogP contribution in [-0.2, 0) is 0 Å². The van der Waals surface area contributed by atoms with E-state index in [9.17, 15) is 0 Å². The summed E-state index contributed by atoms with van der Waals surface area (Å²) in [5, 5.41) is 10.8. The highest BCUT2D eigenvalue weighted by molar-refractivity contribution is 6.28. The summed E-state index contributed by atoms with van der Waals surface area (Å²) in [6, 6.07) is 26.9. The molecular weight excluding hydrogens is 288 g/mol. The van der Waals surface area contributed by atoms with Crippen molar-refractivity contribution in [3.8, 4) is 0 Å². The number of hydrogen-bond donors (Lipinski definition) is 0. The molecule has 0 aromatic heterocycles. The Morgan fingerprint density at radius 2 is 1.21 bits per heavy atom. The molecule has 0 heteroatoms. The lowest BCUT2D eigenvalue weighted by Gasteiger charge is -2.13. The van der Waals surface area contributed by atoms with Gasteiger partial charge in [-0.1, -0.05) is 78.4 Å². The van der Waals surface area contributed by atoms with Crippen LogP contribution in [0.3, 0.4) is 0 Å². The molecule has 0 bridgehead atoms. The van der Waals surface area contributed by atoms with Gasteiger partial charge in [-0.15, -0.1) is 0 Å². The van der Waals surface area contributed by atoms with Crippen molar-refractivity contribution in [1.29, 1.82) is 0 Å². The van der Waals surface area contributed by atoms with E-state index in [0.29, 0.717) is 0 Å². The monoisotopic (exact) mass is 306 g/mol. The molecule has 0 radical (unpaired) electrons. The molecule has 0 fully saturated rings. The third-order valence-corrected chi connectivity index (χ3v) is 5.18. The maximum atomic E-state index is 2.32. The molecule has 0 saturated carbocycles. The van der Waals surface area contributed by atoms with Crippen LogP contribution in [0.25, 0.3) is 43.1 Å². The fourth-order valence-corrected chi connectivity index (χ4v) is 4.05. The van der Waals surface area contributed by atoms with Crippen LogP contribution in [0.4, 0.5) is 0 Å². The summed E-state index contributed by atoms with van der Waals surface area (Å²) in [6.45, 7) is 4.39. The Morgan fingerprint density at radius 3 is 2.12 bits per heavy atom. The van der Waals surface area contributed by atoms with Crippen LogP contribution in [0.1, 0.15) is 11.1 Å².